The van der Waals surface area contributed by atoms with E-state index in [1.54, 1.807) is 26.3 Å². The topological polar surface area (TPSA) is 158 Å². The van der Waals surface area contributed by atoms with Crippen LogP contribution in [-0.4, -0.2) is 73.1 Å². The molecule has 286 valence electrons. The first kappa shape index (κ1) is 39.6. The molecule has 5 atom stereocenters. The highest BCUT2D eigenvalue weighted by atomic mass is 32.2. The highest BCUT2D eigenvalue weighted by Gasteiger charge is 2.62. The van der Waals surface area contributed by atoms with E-state index in [4.69, 9.17) is 13.7 Å². The monoisotopic (exact) mass is 741 g/mol. The summed E-state index contributed by atoms with van der Waals surface area (Å²) in [4.78, 5) is 62.0. The smallest absolute Gasteiger partial charge is 0.362 e. The lowest BCUT2D eigenvalue weighted by molar-refractivity contribution is -0.146. The van der Waals surface area contributed by atoms with E-state index in [2.05, 4.69) is 9.71 Å². The standard InChI is InChI=1S/C39H55N3O9S/c1-10-25-20-39(25,35(46)41-52(47,48)51-38(8)14-15-38)22-32(44)31-19-28(50-33-29-12-11-27(49-9)17-24(29)13-16-40-33)23-42(31)34(45)30(37(5,6)7)18-26(43)21-36(2,3)4/h11-13,16-17,25,28,30-31H,10,14-15,18-23H2,1-9H3,(H,41,46)/t25-,28-,30-,31+,39-/m1/s1. The van der Waals surface area contributed by atoms with Crippen molar-refractivity contribution >= 4 is 44.5 Å². The second kappa shape index (κ2) is 14.3. The molecule has 3 aliphatic rings. The summed E-state index contributed by atoms with van der Waals surface area (Å²) in [6.07, 6.45) is 3.26. The second-order valence-corrected chi connectivity index (χ2v) is 18.9. The number of nitrogens with zero attached hydrogens (tertiary/aromatic N) is 2. The quantitative estimate of drug-likeness (QED) is 0.231. The number of methoxy groups -OCH3 is 1. The van der Waals surface area contributed by atoms with Gasteiger partial charge >= 0.3 is 10.3 Å². The van der Waals surface area contributed by atoms with Gasteiger partial charge in [-0.1, -0.05) is 54.9 Å². The molecule has 2 heterocycles. The normalized spacial score (nSPS) is 24.6. The number of likely N-dealkylation sites (tertiary alicyclic amines) is 1. The number of hydrogen-bond acceptors (Lipinski definition) is 10. The maximum absolute atomic E-state index is 14.6. The fourth-order valence-electron chi connectivity index (χ4n) is 7.47. The van der Waals surface area contributed by atoms with Crippen molar-refractivity contribution in [2.24, 2.45) is 28.1 Å². The van der Waals surface area contributed by atoms with Crippen molar-refractivity contribution < 1.29 is 41.3 Å². The van der Waals surface area contributed by atoms with E-state index in [0.29, 0.717) is 43.7 Å². The number of pyridine rings is 1. The molecule has 0 bridgehead atoms. The van der Waals surface area contributed by atoms with Crippen LogP contribution in [-0.2, 0) is 33.7 Å². The summed E-state index contributed by atoms with van der Waals surface area (Å²) in [6, 6.07) is 6.39. The van der Waals surface area contributed by atoms with Crippen molar-refractivity contribution in [1.82, 2.24) is 14.6 Å². The highest BCUT2D eigenvalue weighted by Crippen LogP contribution is 2.58. The summed E-state index contributed by atoms with van der Waals surface area (Å²) < 4.78 is 44.7. The van der Waals surface area contributed by atoms with E-state index < -0.39 is 50.7 Å². The summed E-state index contributed by atoms with van der Waals surface area (Å²) in [7, 11) is -2.81. The maximum Gasteiger partial charge on any atom is 0.362 e. The molecule has 5 rings (SSSR count). The van der Waals surface area contributed by atoms with Crippen molar-refractivity contribution in [3.05, 3.63) is 30.5 Å². The Morgan fingerprint density at radius 2 is 1.77 bits per heavy atom. The molecule has 2 amide bonds. The lowest BCUT2D eigenvalue weighted by Gasteiger charge is -2.35. The zero-order valence-electron chi connectivity index (χ0n) is 32.0. The summed E-state index contributed by atoms with van der Waals surface area (Å²) in [5.74, 6) is -1.40. The molecule has 1 saturated heterocycles. The fraction of sp³-hybridized carbons (Fsp3) is 0.667. The Balaban J connectivity index is 1.43. The van der Waals surface area contributed by atoms with Gasteiger partial charge in [-0.05, 0) is 72.6 Å². The molecule has 0 spiro atoms. The van der Waals surface area contributed by atoms with Gasteiger partial charge in [-0.15, -0.1) is 0 Å². The van der Waals surface area contributed by atoms with Gasteiger partial charge in [0.25, 0.3) is 0 Å². The van der Waals surface area contributed by atoms with E-state index in [-0.39, 0.29) is 54.6 Å². The lowest BCUT2D eigenvalue weighted by atomic mass is 9.75. The van der Waals surface area contributed by atoms with Crippen molar-refractivity contribution in [1.29, 1.82) is 0 Å². The fourth-order valence-corrected chi connectivity index (χ4v) is 8.64. The van der Waals surface area contributed by atoms with Crippen LogP contribution in [0.5, 0.6) is 11.6 Å². The molecule has 1 aliphatic heterocycles. The van der Waals surface area contributed by atoms with Gasteiger partial charge < -0.3 is 14.4 Å². The first-order chi connectivity index (χ1) is 24.1. The minimum atomic E-state index is -4.39. The molecule has 13 heteroatoms. The number of Topliss-reactive ketones (excluding diaryl/α,β-unsaturated/α-hetero) is 2. The van der Waals surface area contributed by atoms with Gasteiger partial charge in [0.2, 0.25) is 17.7 Å². The number of hydrogen-bond donors (Lipinski definition) is 1. The molecule has 3 fully saturated rings. The van der Waals surface area contributed by atoms with Crippen molar-refractivity contribution in [2.45, 2.75) is 125 Å². The van der Waals surface area contributed by atoms with Crippen molar-refractivity contribution in [3.63, 3.8) is 0 Å². The summed E-state index contributed by atoms with van der Waals surface area (Å²) in [5.41, 5.74) is -2.94. The number of carbonyl (C=O) groups excluding carboxylic acids is 4. The summed E-state index contributed by atoms with van der Waals surface area (Å²) in [6.45, 7) is 15.3. The first-order valence-electron chi connectivity index (χ1n) is 18.3. The predicted octanol–water partition coefficient (Wildman–Crippen LogP) is 5.96. The molecule has 1 aromatic carbocycles. The number of ether oxygens (including phenoxy) is 2. The Morgan fingerprint density at radius 3 is 2.35 bits per heavy atom. The number of carbonyl (C=O) groups is 4. The van der Waals surface area contributed by atoms with Crippen LogP contribution in [0.3, 0.4) is 0 Å². The third-order valence-corrected chi connectivity index (χ3v) is 11.8. The number of amides is 2. The zero-order valence-corrected chi connectivity index (χ0v) is 32.9. The molecule has 0 radical (unpaired) electrons. The van der Waals surface area contributed by atoms with Gasteiger partial charge in [-0.3, -0.25) is 19.2 Å². The Bertz CT molecular complexity index is 1830. The predicted molar refractivity (Wildman–Crippen MR) is 196 cm³/mol. The van der Waals surface area contributed by atoms with Gasteiger partial charge in [-0.2, -0.15) is 8.42 Å². The largest absolute Gasteiger partial charge is 0.497 e. The van der Waals surface area contributed by atoms with Gasteiger partial charge in [0.1, 0.15) is 17.6 Å². The van der Waals surface area contributed by atoms with Gasteiger partial charge in [-0.25, -0.2) is 13.9 Å². The Hall–Kier alpha value is -3.58. The van der Waals surface area contributed by atoms with Crippen molar-refractivity contribution in [2.75, 3.05) is 13.7 Å². The minimum Gasteiger partial charge on any atom is -0.497 e. The van der Waals surface area contributed by atoms with Gasteiger partial charge in [0, 0.05) is 43.2 Å². The number of aromatic nitrogens is 1. The number of ketones is 2. The van der Waals surface area contributed by atoms with Crippen LogP contribution < -0.4 is 14.2 Å². The SMILES string of the molecule is CC[C@@H]1C[C@]1(CC(=O)[C@@H]1C[C@@H](Oc2nccc3cc(OC)ccc23)CN1C(=O)[C@@H](CC(=O)CC(C)(C)C)C(C)(C)C)C(=O)NS(=O)(=O)OC1(C)CC1. The molecule has 12 nitrogen and oxygen atoms in total. The molecule has 1 N–H and O–H groups in total. The van der Waals surface area contributed by atoms with Crippen LogP contribution in [0.4, 0.5) is 0 Å². The van der Waals surface area contributed by atoms with Crippen LogP contribution in [0.1, 0.15) is 107 Å². The number of rotatable bonds is 15. The number of benzene rings is 1. The molecule has 2 aliphatic carbocycles. The molecule has 2 saturated carbocycles. The molecule has 0 unspecified atom stereocenters. The van der Waals surface area contributed by atoms with E-state index in [1.165, 1.54) is 4.90 Å². The molecular weight excluding hydrogens is 687 g/mol. The third kappa shape index (κ3) is 9.13. The maximum atomic E-state index is 14.6. The average Bonchev–Trinajstić information content (AvgIpc) is 3.90. The minimum absolute atomic E-state index is 0.0241. The van der Waals surface area contributed by atoms with Crippen LogP contribution in [0.25, 0.3) is 10.8 Å². The van der Waals surface area contributed by atoms with Crippen molar-refractivity contribution in [3.8, 4) is 11.6 Å². The van der Waals surface area contributed by atoms with Crippen LogP contribution >= 0.6 is 0 Å². The van der Waals surface area contributed by atoms with E-state index in [1.807, 2.05) is 66.7 Å². The molecular formula is C39H55N3O9S. The third-order valence-electron chi connectivity index (χ3n) is 10.8. The van der Waals surface area contributed by atoms with Crippen LogP contribution in [0.2, 0.25) is 0 Å². The highest BCUT2D eigenvalue weighted by molar-refractivity contribution is 7.85. The first-order valence-corrected chi connectivity index (χ1v) is 19.7. The van der Waals surface area contributed by atoms with Gasteiger partial charge in [0.15, 0.2) is 5.78 Å². The Morgan fingerprint density at radius 1 is 1.08 bits per heavy atom. The molecule has 2 aromatic rings. The number of fused-ring (bicyclic) bond motifs is 1. The summed E-state index contributed by atoms with van der Waals surface area (Å²) in [5, 5.41) is 1.58. The van der Waals surface area contributed by atoms with Gasteiger partial charge in [0.05, 0.1) is 30.7 Å². The number of nitrogens with one attached hydrogen (secondary N) is 1. The van der Waals surface area contributed by atoms with E-state index in [9.17, 15) is 27.6 Å². The molecule has 52 heavy (non-hydrogen) atoms. The lowest BCUT2D eigenvalue weighted by Crippen LogP contribution is -2.48. The average molecular weight is 742 g/mol. The Kier molecular flexibility index (Phi) is 10.9. The second-order valence-electron chi connectivity index (χ2n) is 17.6. The summed E-state index contributed by atoms with van der Waals surface area (Å²) >= 11 is 0. The van der Waals surface area contributed by atoms with E-state index >= 15 is 0 Å². The van der Waals surface area contributed by atoms with Crippen LogP contribution in [0.15, 0.2) is 30.5 Å². The van der Waals surface area contributed by atoms with Crippen LogP contribution in [0, 0.1) is 28.1 Å². The molecule has 1 aromatic heterocycles. The zero-order chi connectivity index (χ0) is 38.4. The Labute approximate surface area is 308 Å². The van der Waals surface area contributed by atoms with E-state index in [0.717, 1.165) is 10.8 Å².